The lowest BCUT2D eigenvalue weighted by molar-refractivity contribution is -0.266. The van der Waals surface area contributed by atoms with Crippen LogP contribution in [0.1, 0.15) is 126 Å². The molecule has 1 aliphatic carbocycles. The van der Waals surface area contributed by atoms with Gasteiger partial charge < -0.3 is 57.7 Å². The quantitative estimate of drug-likeness (QED) is 0.0908. The molecular weight excluding hydrogens is 967 g/mol. The van der Waals surface area contributed by atoms with E-state index in [2.05, 4.69) is 0 Å². The molecule has 0 aromatic carbocycles. The molecule has 16 atom stereocenters. The number of piperidine rings is 1. The number of allylic oxidation sites excluding steroid dienone is 6. The summed E-state index contributed by atoms with van der Waals surface area (Å²) >= 11 is 0. The van der Waals surface area contributed by atoms with Crippen LogP contribution in [0, 0.1) is 35.5 Å². The van der Waals surface area contributed by atoms with Crippen LogP contribution in [0.2, 0.25) is 0 Å². The summed E-state index contributed by atoms with van der Waals surface area (Å²) in [6.45, 7) is 15.3. The number of rotatable bonds is 12. The van der Waals surface area contributed by atoms with Crippen LogP contribution in [0.25, 0.3) is 0 Å². The third-order valence-electron chi connectivity index (χ3n) is 16.2. The minimum Gasteiger partial charge on any atom is -0.460 e. The van der Waals surface area contributed by atoms with Crippen LogP contribution in [-0.4, -0.2) is 173 Å². The number of amides is 1. The molecule has 1 amide bonds. The van der Waals surface area contributed by atoms with E-state index in [1.807, 2.05) is 58.1 Å². The highest BCUT2D eigenvalue weighted by atomic mass is 16.6. The largest absolute Gasteiger partial charge is 0.460 e. The molecular formula is C58H91NO16. The summed E-state index contributed by atoms with van der Waals surface area (Å²) in [4.78, 5) is 73.0. The fourth-order valence-electron chi connectivity index (χ4n) is 11.3. The lowest BCUT2D eigenvalue weighted by atomic mass is 9.78. The zero-order valence-corrected chi connectivity index (χ0v) is 46.6. The van der Waals surface area contributed by atoms with Crippen molar-refractivity contribution >= 4 is 29.2 Å². The van der Waals surface area contributed by atoms with Gasteiger partial charge in [0.15, 0.2) is 5.78 Å². The van der Waals surface area contributed by atoms with Crippen molar-refractivity contribution in [3.05, 3.63) is 47.6 Å². The summed E-state index contributed by atoms with van der Waals surface area (Å²) in [6.07, 6.45) is 11.7. The molecule has 5 aliphatic rings. The summed E-state index contributed by atoms with van der Waals surface area (Å²) in [5.74, 6) is -8.06. The number of cyclic esters (lactones) is 1. The van der Waals surface area contributed by atoms with Gasteiger partial charge in [-0.1, -0.05) is 71.1 Å². The molecule has 3 saturated heterocycles. The molecule has 4 fully saturated rings. The highest BCUT2D eigenvalue weighted by molar-refractivity contribution is 6.39. The first-order chi connectivity index (χ1) is 35.8. The number of ketones is 3. The minimum absolute atomic E-state index is 0.00616. The Hall–Kier alpha value is -3.49. The number of aliphatic hydroxyl groups excluding tert-OH is 1. The molecule has 1 saturated carbocycles. The van der Waals surface area contributed by atoms with Crippen molar-refractivity contribution in [3.8, 4) is 0 Å². The number of hydrogen-bond acceptors (Lipinski definition) is 16. The molecule has 4 heterocycles. The molecule has 0 aromatic heterocycles. The van der Waals surface area contributed by atoms with E-state index in [-0.39, 0.29) is 80.0 Å². The molecule has 75 heavy (non-hydrogen) atoms. The van der Waals surface area contributed by atoms with Gasteiger partial charge in [0.2, 0.25) is 5.79 Å². The molecule has 2 bridgehead atoms. The highest BCUT2D eigenvalue weighted by Gasteiger charge is 2.53. The maximum Gasteiger partial charge on any atom is 0.329 e. The Morgan fingerprint density at radius 2 is 1.61 bits per heavy atom. The van der Waals surface area contributed by atoms with Crippen molar-refractivity contribution in [2.45, 2.75) is 186 Å². The third-order valence-corrected chi connectivity index (χ3v) is 16.2. The van der Waals surface area contributed by atoms with Gasteiger partial charge in [-0.2, -0.15) is 0 Å². The van der Waals surface area contributed by atoms with Gasteiger partial charge in [0.1, 0.15) is 36.2 Å². The van der Waals surface area contributed by atoms with Crippen LogP contribution in [-0.2, 0) is 66.6 Å². The average molecular weight is 1060 g/mol. The molecule has 17 heteroatoms. The van der Waals surface area contributed by atoms with Crippen LogP contribution >= 0.6 is 0 Å². The number of esters is 1. The second kappa shape index (κ2) is 30.6. The normalized spacial score (nSPS) is 36.6. The molecule has 424 valence electrons. The van der Waals surface area contributed by atoms with Crippen LogP contribution in [0.3, 0.4) is 0 Å². The molecule has 0 aromatic rings. The zero-order valence-electron chi connectivity index (χ0n) is 46.6. The topological polar surface area (TPSA) is 212 Å². The van der Waals surface area contributed by atoms with Gasteiger partial charge >= 0.3 is 5.97 Å². The molecule has 2 N–H and O–H groups in total. The molecule has 4 aliphatic heterocycles. The van der Waals surface area contributed by atoms with E-state index in [1.165, 1.54) is 12.0 Å². The van der Waals surface area contributed by atoms with Gasteiger partial charge in [0.25, 0.3) is 11.7 Å². The van der Waals surface area contributed by atoms with Crippen molar-refractivity contribution in [3.63, 3.8) is 0 Å². The van der Waals surface area contributed by atoms with E-state index in [0.29, 0.717) is 83.6 Å². The summed E-state index contributed by atoms with van der Waals surface area (Å²) in [5.41, 5.74) is 1.24. The predicted octanol–water partition coefficient (Wildman–Crippen LogP) is 6.64. The van der Waals surface area contributed by atoms with E-state index in [9.17, 15) is 34.2 Å². The van der Waals surface area contributed by atoms with Crippen LogP contribution in [0.4, 0.5) is 0 Å². The van der Waals surface area contributed by atoms with Crippen LogP contribution < -0.4 is 0 Å². The Bertz CT molecular complexity index is 1980. The Balaban J connectivity index is 1.47. The van der Waals surface area contributed by atoms with Crippen molar-refractivity contribution in [1.29, 1.82) is 0 Å². The summed E-state index contributed by atoms with van der Waals surface area (Å²) in [7, 11) is 4.68. The number of fused-ring (bicyclic) bond motifs is 3. The SMILES string of the molecule is COCCO[C@@H]1CC[C@@H](C[C@@H](C)[C@@H]2CC(=O)[C@H](C)C=C(C)[C@@H](O)[C@@H](OC)C(=O)[C@H](C)C[C@H](C)C=CC=CC=C(C)[C@H](OC[C@H]3COCCO3)C[C@@H]3CC[C@@H](C)[C@@](O)(O3)C(=O)C(=O)N3CCCC[C@H]3C(=O)O2)C[C@H]1OC. The fraction of sp³-hybridized carbons (Fsp3) is 0.776. The highest BCUT2D eigenvalue weighted by Crippen LogP contribution is 2.38. The Kier molecular flexibility index (Phi) is 25.4. The molecule has 17 nitrogen and oxygen atoms in total. The van der Waals surface area contributed by atoms with E-state index >= 15 is 0 Å². The van der Waals surface area contributed by atoms with Crippen LogP contribution in [0.5, 0.6) is 0 Å². The number of carbonyl (C=O) groups excluding carboxylic acids is 5. The zero-order chi connectivity index (χ0) is 54.8. The fourth-order valence-corrected chi connectivity index (χ4v) is 11.3. The van der Waals surface area contributed by atoms with Gasteiger partial charge in [-0.05, 0) is 107 Å². The van der Waals surface area contributed by atoms with Crippen molar-refractivity contribution in [2.75, 3.05) is 67.5 Å². The third kappa shape index (κ3) is 17.8. The Labute approximate surface area is 446 Å². The van der Waals surface area contributed by atoms with Gasteiger partial charge in [0.05, 0.1) is 64.1 Å². The number of aliphatic hydroxyl groups is 2. The standard InChI is InChI=1S/C58H91NO16/c1-36-16-12-11-13-17-37(2)49(73-35-45-34-70-25-27-71-45)32-44-21-19-42(7)58(66,75-44)55(63)56(64)59-23-15-14-18-46(59)57(65)74-50(39(4)30-43-20-22-48(51(31-43)68-9)72-26-24-67-8)33-47(60)38(3)29-41(6)53(62)54(69-10)52(61)40(5)28-36/h11-13,16-17,29,36,38-40,42-46,48-51,53-54,62,66H,14-15,18-28,30-35H2,1-10H3/t36-,38-,39-,40-,42-,43+,44+,45-,46+,48-,49-,50+,51-,53-,54+,58-/m1/s1. The summed E-state index contributed by atoms with van der Waals surface area (Å²) < 4.78 is 53.4. The monoisotopic (exact) mass is 1060 g/mol. The minimum atomic E-state index is -2.48. The molecule has 0 unspecified atom stereocenters. The van der Waals surface area contributed by atoms with Crippen molar-refractivity contribution < 1.29 is 76.8 Å². The van der Waals surface area contributed by atoms with E-state index in [0.717, 1.165) is 18.4 Å². The Morgan fingerprint density at radius 3 is 2.32 bits per heavy atom. The van der Waals surface area contributed by atoms with E-state index in [1.54, 1.807) is 41.1 Å². The molecule has 0 spiro atoms. The van der Waals surface area contributed by atoms with Crippen molar-refractivity contribution in [2.24, 2.45) is 35.5 Å². The average Bonchev–Trinajstić information content (AvgIpc) is 3.40. The summed E-state index contributed by atoms with van der Waals surface area (Å²) in [5, 5.41) is 23.8. The number of Topliss-reactive ketones (excluding diaryl/α,β-unsaturated/α-hetero) is 3. The number of hydrogen-bond donors (Lipinski definition) is 2. The van der Waals surface area contributed by atoms with Crippen LogP contribution in [0.15, 0.2) is 47.6 Å². The predicted molar refractivity (Wildman–Crippen MR) is 280 cm³/mol. The second-order valence-electron chi connectivity index (χ2n) is 22.1. The van der Waals surface area contributed by atoms with Crippen molar-refractivity contribution in [1.82, 2.24) is 4.90 Å². The van der Waals surface area contributed by atoms with Gasteiger partial charge in [-0.3, -0.25) is 19.2 Å². The number of nitrogens with zero attached hydrogens (tertiary/aromatic N) is 1. The van der Waals surface area contributed by atoms with Gasteiger partial charge in [-0.25, -0.2) is 4.79 Å². The number of methoxy groups -OCH3 is 3. The first-order valence-electron chi connectivity index (χ1n) is 27.7. The van der Waals surface area contributed by atoms with Gasteiger partial charge in [-0.15, -0.1) is 0 Å². The molecule has 5 rings (SSSR count). The Morgan fingerprint density at radius 1 is 0.840 bits per heavy atom. The lowest BCUT2D eigenvalue weighted by Gasteiger charge is -2.43. The lowest BCUT2D eigenvalue weighted by Crippen LogP contribution is -2.61. The number of carbonyl (C=O) groups is 5. The maximum atomic E-state index is 14.6. The number of ether oxygens (including phenoxy) is 9. The summed E-state index contributed by atoms with van der Waals surface area (Å²) in [6, 6.07) is -1.16. The first-order valence-corrected chi connectivity index (χ1v) is 27.7. The molecule has 0 radical (unpaired) electrons. The first kappa shape index (κ1) is 62.4. The van der Waals surface area contributed by atoms with Gasteiger partial charge in [0, 0.05) is 58.5 Å². The van der Waals surface area contributed by atoms with E-state index < -0.39 is 77.8 Å². The van der Waals surface area contributed by atoms with E-state index in [4.69, 9.17) is 42.6 Å². The smallest absolute Gasteiger partial charge is 0.329 e. The maximum absolute atomic E-state index is 14.6. The second-order valence-corrected chi connectivity index (χ2v) is 22.1.